The van der Waals surface area contributed by atoms with Crippen LogP contribution in [0.4, 0.5) is 0 Å². The van der Waals surface area contributed by atoms with E-state index < -0.39 is 35.5 Å². The first kappa shape index (κ1) is 39.5. The molecule has 0 unspecified atom stereocenters. The van der Waals surface area contributed by atoms with Gasteiger partial charge in [0.25, 0.3) is 0 Å². The van der Waals surface area contributed by atoms with Crippen LogP contribution < -0.4 is 0 Å². The van der Waals surface area contributed by atoms with Crippen molar-refractivity contribution in [2.75, 3.05) is 49.8 Å². The van der Waals surface area contributed by atoms with E-state index in [1.807, 2.05) is 0 Å². The van der Waals surface area contributed by atoms with Crippen LogP contribution in [0.25, 0.3) is 0 Å². The van der Waals surface area contributed by atoms with Crippen molar-refractivity contribution in [2.24, 2.45) is 0 Å². The fraction of sp³-hybridized carbons (Fsp3) is 1.00. The molecule has 0 aromatic rings. The number of hydrogen-bond donors (Lipinski definition) is 0. The largest absolute Gasteiger partial charge is 0.673 e. The third-order valence-electron chi connectivity index (χ3n) is 7.05. The van der Waals surface area contributed by atoms with Crippen molar-refractivity contribution in [2.45, 2.75) is 116 Å². The summed E-state index contributed by atoms with van der Waals surface area (Å²) in [6.07, 6.45) is 14.2. The second-order valence-corrected chi connectivity index (χ2v) is 22.0. The molecule has 0 radical (unpaired) electrons. The molecule has 0 aromatic heterocycles. The molecule has 10 nitrogen and oxygen atoms in total. The molecule has 0 atom stereocenters. The van der Waals surface area contributed by atoms with Crippen LogP contribution >= 0.6 is 0 Å². The molecule has 0 spiro atoms. The van der Waals surface area contributed by atoms with Gasteiger partial charge in [-0.15, -0.1) is 0 Å². The van der Waals surface area contributed by atoms with Crippen LogP contribution in [0.2, 0.25) is 18.1 Å². The van der Waals surface area contributed by atoms with Crippen LogP contribution in [0.5, 0.6) is 0 Å². The molecule has 0 bridgehead atoms. The topological polar surface area (TPSA) is 92.3 Å². The molecular weight excluding hydrogens is 573 g/mol. The molecule has 0 aliphatic rings. The van der Waals surface area contributed by atoms with Crippen molar-refractivity contribution in [1.82, 2.24) is 0 Å². The van der Waals surface area contributed by atoms with Gasteiger partial charge in [-0.3, -0.25) is 0 Å². The summed E-state index contributed by atoms with van der Waals surface area (Å²) in [6, 6.07) is 3.12. The smallest absolute Gasteiger partial charge is 0.394 e. The van der Waals surface area contributed by atoms with Gasteiger partial charge in [-0.25, -0.2) is 0 Å². The molecule has 0 heterocycles. The van der Waals surface area contributed by atoms with Crippen molar-refractivity contribution < 1.29 is 43.3 Å². The predicted octanol–water partition coefficient (Wildman–Crippen LogP) is 6.55. The summed E-state index contributed by atoms with van der Waals surface area (Å²) in [5, 5.41) is 0. The maximum Gasteiger partial charge on any atom is 0.673 e. The molecule has 0 aliphatic carbocycles. The quantitative estimate of drug-likeness (QED) is 0.0698. The summed E-state index contributed by atoms with van der Waals surface area (Å²) >= 11 is 0. The lowest BCUT2D eigenvalue weighted by atomic mass is 10.2. The number of rotatable bonds is 28. The third kappa shape index (κ3) is 14.0. The van der Waals surface area contributed by atoms with E-state index in [1.54, 1.807) is 14.2 Å². The van der Waals surface area contributed by atoms with Crippen LogP contribution in [0.3, 0.4) is 0 Å². The lowest BCUT2D eigenvalue weighted by Crippen LogP contribution is -2.68. The first-order valence-corrected chi connectivity index (χ1v) is 22.1. The van der Waals surface area contributed by atoms with E-state index >= 15 is 0 Å². The standard InChI is InChI=1S/C25H60O10Si4/c1-11-14-17-20-23-36(24-21-18-15-12-2,25-22-19-16-13-3)33-38(29-7,30-8)35-39(31-9,32-10)34-37(26-4,27-5)28-6/h11-25H2,1-10H3. The molecule has 0 fully saturated rings. The van der Waals surface area contributed by atoms with Gasteiger partial charge < -0.3 is 43.3 Å². The molecule has 0 aromatic carbocycles. The molecular formula is C25H60O10Si4. The van der Waals surface area contributed by atoms with Gasteiger partial charge in [0.2, 0.25) is 0 Å². The normalized spacial score (nSPS) is 13.4. The van der Waals surface area contributed by atoms with Crippen molar-refractivity contribution in [3.8, 4) is 0 Å². The Bertz CT molecular complexity index is 540. The monoisotopic (exact) mass is 632 g/mol. The third-order valence-corrected chi connectivity index (χ3v) is 21.1. The van der Waals surface area contributed by atoms with Gasteiger partial charge in [-0.1, -0.05) is 97.8 Å². The Morgan fingerprint density at radius 1 is 0.333 bits per heavy atom. The van der Waals surface area contributed by atoms with Crippen LogP contribution in [-0.2, 0) is 43.3 Å². The summed E-state index contributed by atoms with van der Waals surface area (Å²) in [5.74, 6) is 0. The van der Waals surface area contributed by atoms with Gasteiger partial charge in [-0.05, 0) is 18.1 Å². The van der Waals surface area contributed by atoms with Crippen molar-refractivity contribution in [3.63, 3.8) is 0 Å². The number of unbranched alkanes of at least 4 members (excludes halogenated alkanes) is 9. The molecule has 0 saturated heterocycles. The summed E-state index contributed by atoms with van der Waals surface area (Å²) in [7, 11) is -3.40. The highest BCUT2D eigenvalue weighted by atomic mass is 28.5. The van der Waals surface area contributed by atoms with E-state index in [4.69, 9.17) is 43.3 Å². The van der Waals surface area contributed by atoms with Gasteiger partial charge in [0.15, 0.2) is 8.32 Å². The molecule has 0 aliphatic heterocycles. The first-order chi connectivity index (χ1) is 18.7. The Morgan fingerprint density at radius 3 is 0.897 bits per heavy atom. The highest BCUT2D eigenvalue weighted by Gasteiger charge is 2.65. The maximum absolute atomic E-state index is 7.14. The Balaban J connectivity index is 6.36. The van der Waals surface area contributed by atoms with Crippen molar-refractivity contribution in [3.05, 3.63) is 0 Å². The number of hydrogen-bond acceptors (Lipinski definition) is 10. The molecule has 39 heavy (non-hydrogen) atoms. The average Bonchev–Trinajstić information content (AvgIpc) is 2.97. The van der Waals surface area contributed by atoms with Gasteiger partial charge in [0.1, 0.15) is 0 Å². The molecule has 0 N–H and O–H groups in total. The van der Waals surface area contributed by atoms with Crippen LogP contribution in [0.15, 0.2) is 0 Å². The minimum atomic E-state index is -3.96. The fourth-order valence-electron chi connectivity index (χ4n) is 4.64. The second-order valence-electron chi connectivity index (χ2n) is 9.85. The second kappa shape index (κ2) is 22.1. The Hall–Kier alpha value is 0.468. The molecule has 0 saturated carbocycles. The Morgan fingerprint density at radius 2 is 0.615 bits per heavy atom. The minimum Gasteiger partial charge on any atom is -0.394 e. The average molecular weight is 633 g/mol. The van der Waals surface area contributed by atoms with Gasteiger partial charge >= 0.3 is 27.1 Å². The zero-order valence-corrected chi connectivity index (χ0v) is 30.7. The van der Waals surface area contributed by atoms with Gasteiger partial charge in [0.05, 0.1) is 0 Å². The van der Waals surface area contributed by atoms with E-state index in [1.165, 1.54) is 93.3 Å². The van der Waals surface area contributed by atoms with E-state index in [0.717, 1.165) is 37.4 Å². The Kier molecular flexibility index (Phi) is 22.3. The zero-order valence-electron chi connectivity index (χ0n) is 26.7. The first-order valence-electron chi connectivity index (χ1n) is 14.7. The minimum absolute atomic E-state index is 1.04. The van der Waals surface area contributed by atoms with E-state index in [2.05, 4.69) is 20.8 Å². The van der Waals surface area contributed by atoms with Gasteiger partial charge in [0, 0.05) is 49.8 Å². The predicted molar refractivity (Wildman–Crippen MR) is 162 cm³/mol. The Labute approximate surface area is 244 Å². The SMILES string of the molecule is CCCCCC[Si](CCCCCC)(CCCCCC)O[Si](OC)(OC)O[Si](OC)(OC)O[Si](OC)(OC)OC. The van der Waals surface area contributed by atoms with Gasteiger partial charge in [-0.2, -0.15) is 0 Å². The zero-order chi connectivity index (χ0) is 29.7. The van der Waals surface area contributed by atoms with Crippen molar-refractivity contribution in [1.29, 1.82) is 0 Å². The van der Waals surface area contributed by atoms with E-state index in [-0.39, 0.29) is 0 Å². The van der Waals surface area contributed by atoms with Crippen LogP contribution in [-0.4, -0.2) is 85.2 Å². The molecule has 236 valence electrons. The van der Waals surface area contributed by atoms with E-state index in [9.17, 15) is 0 Å². The van der Waals surface area contributed by atoms with E-state index in [0.29, 0.717) is 0 Å². The lowest BCUT2D eigenvalue weighted by Gasteiger charge is -2.41. The summed E-state index contributed by atoms with van der Waals surface area (Å²) in [6.45, 7) is 6.71. The lowest BCUT2D eigenvalue weighted by molar-refractivity contribution is -0.0397. The van der Waals surface area contributed by atoms with Crippen LogP contribution in [0.1, 0.15) is 97.8 Å². The summed E-state index contributed by atoms with van der Waals surface area (Å²) < 4.78 is 59.7. The molecule has 0 amide bonds. The molecule has 14 heteroatoms. The maximum atomic E-state index is 7.14. The molecule has 0 rings (SSSR count). The summed E-state index contributed by atoms with van der Waals surface area (Å²) in [4.78, 5) is 0. The van der Waals surface area contributed by atoms with Crippen LogP contribution in [0, 0.1) is 0 Å². The highest BCUT2D eigenvalue weighted by molar-refractivity contribution is 6.83. The highest BCUT2D eigenvalue weighted by Crippen LogP contribution is 2.36. The fourth-order valence-corrected chi connectivity index (χ4v) is 19.4. The summed E-state index contributed by atoms with van der Waals surface area (Å²) in [5.41, 5.74) is 0. The van der Waals surface area contributed by atoms with Crippen molar-refractivity contribution >= 4 is 35.5 Å².